The van der Waals surface area contributed by atoms with Gasteiger partial charge in [-0.3, -0.25) is 9.78 Å². The highest BCUT2D eigenvalue weighted by Crippen LogP contribution is 2.34. The second-order valence-corrected chi connectivity index (χ2v) is 9.64. The van der Waals surface area contributed by atoms with Gasteiger partial charge in [-0.1, -0.05) is 36.4 Å². The monoisotopic (exact) mass is 470 g/mol. The number of carbonyl (C=O) groups excluding carboxylic acids is 1. The Morgan fingerprint density at radius 2 is 1.71 bits per heavy atom. The van der Waals surface area contributed by atoms with Crippen LogP contribution in [-0.2, 0) is 10.2 Å². The predicted octanol–water partition coefficient (Wildman–Crippen LogP) is 4.64. The summed E-state index contributed by atoms with van der Waals surface area (Å²) < 4.78 is 5.70. The lowest BCUT2D eigenvalue weighted by Gasteiger charge is -2.41. The lowest BCUT2D eigenvalue weighted by molar-refractivity contribution is 0.0485. The lowest BCUT2D eigenvalue weighted by Crippen LogP contribution is -2.49. The van der Waals surface area contributed by atoms with Crippen molar-refractivity contribution in [3.63, 3.8) is 0 Å². The summed E-state index contributed by atoms with van der Waals surface area (Å²) in [6.45, 7) is 4.68. The van der Waals surface area contributed by atoms with E-state index in [2.05, 4.69) is 63.0 Å². The van der Waals surface area contributed by atoms with Crippen molar-refractivity contribution < 1.29 is 9.53 Å². The molecule has 3 aromatic rings. The quantitative estimate of drug-likeness (QED) is 0.527. The molecule has 0 aliphatic carbocycles. The van der Waals surface area contributed by atoms with Crippen LogP contribution in [0, 0.1) is 0 Å². The van der Waals surface area contributed by atoms with Gasteiger partial charge in [-0.25, -0.2) is 0 Å². The van der Waals surface area contributed by atoms with Gasteiger partial charge in [0.1, 0.15) is 0 Å². The number of carbonyl (C=O) groups is 1. The van der Waals surface area contributed by atoms with Crippen molar-refractivity contribution in [3.05, 3.63) is 90.3 Å². The van der Waals surface area contributed by atoms with Crippen molar-refractivity contribution in [3.8, 4) is 0 Å². The Labute approximate surface area is 207 Å². The first-order valence-corrected chi connectivity index (χ1v) is 12.6. The van der Waals surface area contributed by atoms with Gasteiger partial charge in [-0.2, -0.15) is 0 Å². The number of nitrogens with zero attached hydrogens (tertiary/aromatic N) is 2. The molecule has 2 saturated heterocycles. The first kappa shape index (κ1) is 23.5. The van der Waals surface area contributed by atoms with E-state index in [-0.39, 0.29) is 11.3 Å². The smallest absolute Gasteiger partial charge is 0.255 e. The summed E-state index contributed by atoms with van der Waals surface area (Å²) in [7, 11) is 0. The summed E-state index contributed by atoms with van der Waals surface area (Å²) in [4.78, 5) is 18.9. The zero-order valence-electron chi connectivity index (χ0n) is 20.2. The van der Waals surface area contributed by atoms with Crippen LogP contribution < -0.4 is 15.5 Å². The number of rotatable bonds is 7. The molecule has 1 amide bonds. The molecule has 0 unspecified atom stereocenters. The number of hydrogen-bond acceptors (Lipinski definition) is 5. The number of anilines is 2. The maximum Gasteiger partial charge on any atom is 0.255 e. The fourth-order valence-corrected chi connectivity index (χ4v) is 5.29. The van der Waals surface area contributed by atoms with Crippen LogP contribution in [0.5, 0.6) is 0 Å². The molecule has 182 valence electrons. The van der Waals surface area contributed by atoms with Crippen LogP contribution in [0.3, 0.4) is 0 Å². The second-order valence-electron chi connectivity index (χ2n) is 9.64. The van der Waals surface area contributed by atoms with Crippen LogP contribution in [-0.4, -0.2) is 49.8 Å². The van der Waals surface area contributed by atoms with Crippen LogP contribution >= 0.6 is 0 Å². The minimum atomic E-state index is -0.118. The van der Waals surface area contributed by atoms with Crippen LogP contribution in [0.15, 0.2) is 79.1 Å². The molecular formula is C29H34N4O2. The Morgan fingerprint density at radius 1 is 0.971 bits per heavy atom. The van der Waals surface area contributed by atoms with Crippen LogP contribution in [0.2, 0.25) is 0 Å². The number of hydrogen-bond donors (Lipinski definition) is 2. The van der Waals surface area contributed by atoms with Gasteiger partial charge in [0, 0.05) is 73.6 Å². The van der Waals surface area contributed by atoms with Crippen molar-refractivity contribution in [1.29, 1.82) is 0 Å². The second kappa shape index (κ2) is 11.0. The fraction of sp³-hybridized carbons (Fsp3) is 0.379. The van der Waals surface area contributed by atoms with E-state index < -0.39 is 0 Å². The number of nitrogens with one attached hydrogen (secondary N) is 2. The molecular weight excluding hydrogens is 436 g/mol. The van der Waals surface area contributed by atoms with Gasteiger partial charge < -0.3 is 20.3 Å². The molecule has 2 aromatic carbocycles. The number of ether oxygens (including phenoxy) is 1. The number of pyridine rings is 1. The van der Waals surface area contributed by atoms with Crippen molar-refractivity contribution in [2.24, 2.45) is 0 Å². The molecule has 0 bridgehead atoms. The molecule has 2 aliphatic rings. The van der Waals surface area contributed by atoms with E-state index in [1.54, 1.807) is 24.5 Å². The summed E-state index contributed by atoms with van der Waals surface area (Å²) in [5, 5.41) is 6.92. The standard InChI is InChI=1S/C29H34N4O2/c34-28(23-9-15-30-16-10-23)32-26-7-4-8-27(21-26)33-17-11-25(12-18-33)31-22-29(13-19-35-20-14-29)24-5-2-1-3-6-24/h1-10,15-16,21,25,31H,11-14,17-20,22H2,(H,32,34). The summed E-state index contributed by atoms with van der Waals surface area (Å²) >= 11 is 0. The highest BCUT2D eigenvalue weighted by Gasteiger charge is 2.35. The number of piperidine rings is 1. The fourth-order valence-electron chi connectivity index (χ4n) is 5.29. The average Bonchev–Trinajstić information content (AvgIpc) is 2.94. The van der Waals surface area contributed by atoms with Gasteiger partial charge in [-0.15, -0.1) is 0 Å². The molecule has 0 spiro atoms. The van der Waals surface area contributed by atoms with E-state index in [9.17, 15) is 4.79 Å². The Balaban J connectivity index is 1.16. The molecule has 6 nitrogen and oxygen atoms in total. The molecule has 6 heteroatoms. The maximum atomic E-state index is 12.5. The third-order valence-corrected chi connectivity index (χ3v) is 7.47. The number of amides is 1. The highest BCUT2D eigenvalue weighted by molar-refractivity contribution is 6.04. The van der Waals surface area contributed by atoms with E-state index in [0.29, 0.717) is 11.6 Å². The van der Waals surface area contributed by atoms with E-state index in [0.717, 1.165) is 69.9 Å². The summed E-state index contributed by atoms with van der Waals surface area (Å²) in [5.74, 6) is -0.118. The van der Waals surface area contributed by atoms with Crippen molar-refractivity contribution >= 4 is 17.3 Å². The topological polar surface area (TPSA) is 66.5 Å². The Hall–Kier alpha value is -3.22. The van der Waals surface area contributed by atoms with E-state index in [4.69, 9.17) is 4.74 Å². The van der Waals surface area contributed by atoms with E-state index in [1.807, 2.05) is 12.1 Å². The van der Waals surface area contributed by atoms with Crippen LogP contribution in [0.1, 0.15) is 41.6 Å². The SMILES string of the molecule is O=C(Nc1cccc(N2CCC(NCC3(c4ccccc4)CCOCC3)CC2)c1)c1ccncc1. The molecule has 0 saturated carbocycles. The number of aromatic nitrogens is 1. The third kappa shape index (κ3) is 5.72. The minimum Gasteiger partial charge on any atom is -0.381 e. The Bertz CT molecular complexity index is 1090. The molecule has 0 radical (unpaired) electrons. The molecule has 3 heterocycles. The molecule has 2 fully saturated rings. The minimum absolute atomic E-state index is 0.118. The molecule has 1 aromatic heterocycles. The molecule has 35 heavy (non-hydrogen) atoms. The van der Waals surface area contributed by atoms with Gasteiger partial charge in [0.05, 0.1) is 0 Å². The zero-order valence-corrected chi connectivity index (χ0v) is 20.2. The predicted molar refractivity (Wildman–Crippen MR) is 140 cm³/mol. The first-order valence-electron chi connectivity index (χ1n) is 12.6. The molecule has 2 N–H and O–H groups in total. The van der Waals surface area contributed by atoms with Gasteiger partial charge >= 0.3 is 0 Å². The van der Waals surface area contributed by atoms with E-state index >= 15 is 0 Å². The summed E-state index contributed by atoms with van der Waals surface area (Å²) in [6, 6.07) is 23.1. The summed E-state index contributed by atoms with van der Waals surface area (Å²) in [6.07, 6.45) is 7.62. The van der Waals surface area contributed by atoms with Gasteiger partial charge in [0.2, 0.25) is 0 Å². The Morgan fingerprint density at radius 3 is 2.46 bits per heavy atom. The molecule has 5 rings (SSSR count). The highest BCUT2D eigenvalue weighted by atomic mass is 16.5. The van der Waals surface area contributed by atoms with Crippen molar-refractivity contribution in [2.75, 3.05) is 43.1 Å². The average molecular weight is 471 g/mol. The van der Waals surface area contributed by atoms with Crippen LogP contribution in [0.25, 0.3) is 0 Å². The zero-order chi connectivity index (χ0) is 23.9. The van der Waals surface area contributed by atoms with Gasteiger partial charge in [0.15, 0.2) is 0 Å². The largest absolute Gasteiger partial charge is 0.381 e. The van der Waals surface area contributed by atoms with Crippen LogP contribution in [0.4, 0.5) is 11.4 Å². The van der Waals surface area contributed by atoms with Gasteiger partial charge in [-0.05, 0) is 61.6 Å². The van der Waals surface area contributed by atoms with E-state index in [1.165, 1.54) is 5.56 Å². The van der Waals surface area contributed by atoms with Crippen molar-refractivity contribution in [1.82, 2.24) is 10.3 Å². The summed E-state index contributed by atoms with van der Waals surface area (Å²) in [5.41, 5.74) is 4.17. The first-order chi connectivity index (χ1) is 17.2. The molecule has 0 atom stereocenters. The van der Waals surface area contributed by atoms with Gasteiger partial charge in [0.25, 0.3) is 5.91 Å². The van der Waals surface area contributed by atoms with Crippen molar-refractivity contribution in [2.45, 2.75) is 37.1 Å². The Kier molecular flexibility index (Phi) is 7.40. The number of benzene rings is 2. The lowest BCUT2D eigenvalue weighted by atomic mass is 9.74. The normalized spacial score (nSPS) is 18.2. The maximum absolute atomic E-state index is 12.5. The third-order valence-electron chi connectivity index (χ3n) is 7.47. The molecule has 2 aliphatic heterocycles.